The van der Waals surface area contributed by atoms with Gasteiger partial charge in [-0.15, -0.1) is 5.10 Å². The molecule has 0 aromatic carbocycles. The van der Waals surface area contributed by atoms with Crippen molar-refractivity contribution in [2.75, 3.05) is 20.8 Å². The Morgan fingerprint density at radius 1 is 0.913 bits per heavy atom. The highest BCUT2D eigenvalue weighted by Gasteiger charge is 2.53. The van der Waals surface area contributed by atoms with Crippen LogP contribution in [-0.2, 0) is 42.9 Å². The first kappa shape index (κ1) is 55.7. The summed E-state index contributed by atoms with van der Waals surface area (Å²) in [5.74, 6) is -7.56. The van der Waals surface area contributed by atoms with E-state index >= 15 is 0 Å². The Morgan fingerprint density at radius 2 is 1.67 bits per heavy atom. The molecule has 2 bridgehead atoms. The number of ether oxygens (including phenoxy) is 4. The molecule has 1 aromatic rings. The Kier molecular flexibility index (Phi) is 20.8. The summed E-state index contributed by atoms with van der Waals surface area (Å²) in [6.07, 6.45) is 16.1. The number of carbonyl (C=O) groups is 5. The van der Waals surface area contributed by atoms with E-state index in [2.05, 4.69) is 22.4 Å². The number of Topliss-reactive ketones (excluding diaryl/α,β-unsaturated/α-hetero) is 3. The first-order valence-corrected chi connectivity index (χ1v) is 25.5. The first-order chi connectivity index (χ1) is 32.8. The molecule has 1 amide bonds. The lowest BCUT2D eigenvalue weighted by atomic mass is 9.77. The van der Waals surface area contributed by atoms with Crippen molar-refractivity contribution < 1.29 is 53.1 Å². The van der Waals surface area contributed by atoms with Gasteiger partial charge in [-0.1, -0.05) is 83.6 Å². The standard InChI is InChI=1S/C53H81N5O11/c1-11-40-29-41-22-20-38(8)53(65,69-41)50(62)51(63)57-24-16-15-19-43(57)52(64)68-45(35(5)27-39-21-23-42(46(28-39)66-9)58-31-54-55-56-58)30-44(59)34(4)26-37(7)48(61)49(67-10)47(60)36(6)25-32(2)17-13-12-14-18-33(40)3/h12-14,17-18,26,31-32,34-36,38-43,45-46,48-49,61,65H,11,15-16,19-25,27-30H2,1-10H3/b14-12?,17-13+,33-18?,37-26+/t32-,34-,35-,36?,38?,39?,40+,41+,42?,43?,45+,46?,48-,49?,53?/m1/s1. The number of fused-ring (bicyclic) bond motifs is 3. The molecule has 5 rings (SSSR count). The summed E-state index contributed by atoms with van der Waals surface area (Å²) < 4.78 is 25.9. The average Bonchev–Trinajstić information content (AvgIpc) is 3.88. The van der Waals surface area contributed by atoms with E-state index in [1.807, 2.05) is 58.1 Å². The number of aliphatic hydroxyl groups excluding tert-OH is 1. The number of ketones is 3. The number of hydrogen-bond donors (Lipinski definition) is 2. The average molecular weight is 964 g/mol. The van der Waals surface area contributed by atoms with E-state index < -0.39 is 71.7 Å². The summed E-state index contributed by atoms with van der Waals surface area (Å²) in [6, 6.07) is -1.17. The van der Waals surface area contributed by atoms with Crippen molar-refractivity contribution >= 4 is 29.2 Å². The molecule has 1 aromatic heterocycles. The highest BCUT2D eigenvalue weighted by molar-refractivity contribution is 6.39. The van der Waals surface area contributed by atoms with Crippen LogP contribution in [0.3, 0.4) is 0 Å². The summed E-state index contributed by atoms with van der Waals surface area (Å²) in [7, 11) is 3.05. The lowest BCUT2D eigenvalue weighted by molar-refractivity contribution is -0.264. The lowest BCUT2D eigenvalue weighted by Crippen LogP contribution is -2.60. The molecule has 4 aliphatic rings. The van der Waals surface area contributed by atoms with E-state index in [0.717, 1.165) is 24.8 Å². The number of methoxy groups -OCH3 is 2. The minimum atomic E-state index is -2.38. The summed E-state index contributed by atoms with van der Waals surface area (Å²) in [5.41, 5.74) is 1.50. The van der Waals surface area contributed by atoms with Crippen molar-refractivity contribution in [2.45, 2.75) is 187 Å². The molecule has 69 heavy (non-hydrogen) atoms. The number of piperidine rings is 1. The third-order valence-electron chi connectivity index (χ3n) is 15.6. The number of rotatable bonds is 7. The number of amides is 1. The Bertz CT molecular complexity index is 2020. The number of cyclic esters (lactones) is 1. The van der Waals surface area contributed by atoms with Crippen molar-refractivity contribution in [2.24, 2.45) is 41.4 Å². The first-order valence-electron chi connectivity index (χ1n) is 25.5. The number of nitrogens with zero attached hydrogens (tertiary/aromatic N) is 5. The number of aliphatic hydroxyl groups is 2. The van der Waals surface area contributed by atoms with Crippen LogP contribution in [0.15, 0.2) is 53.9 Å². The molecule has 3 aliphatic heterocycles. The highest BCUT2D eigenvalue weighted by Crippen LogP contribution is 2.40. The van der Waals surface area contributed by atoms with Gasteiger partial charge in [0, 0.05) is 44.9 Å². The molecule has 8 unspecified atom stereocenters. The maximum atomic E-state index is 14.5. The van der Waals surface area contributed by atoms with Gasteiger partial charge in [0.05, 0.1) is 18.2 Å². The monoisotopic (exact) mass is 964 g/mol. The molecular formula is C53H81N5O11. The largest absolute Gasteiger partial charge is 0.460 e. The third-order valence-corrected chi connectivity index (χ3v) is 15.6. The normalized spacial score (nSPS) is 37.5. The zero-order valence-electron chi connectivity index (χ0n) is 42.8. The van der Waals surface area contributed by atoms with Gasteiger partial charge in [-0.05, 0) is 131 Å². The second-order valence-electron chi connectivity index (χ2n) is 20.8. The Labute approximate surface area is 409 Å². The predicted molar refractivity (Wildman–Crippen MR) is 259 cm³/mol. The van der Waals surface area contributed by atoms with E-state index in [1.54, 1.807) is 45.0 Å². The number of allylic oxidation sites excluding steroid dienone is 7. The van der Waals surface area contributed by atoms with Gasteiger partial charge < -0.3 is 34.1 Å². The van der Waals surface area contributed by atoms with Gasteiger partial charge in [0.15, 0.2) is 5.78 Å². The van der Waals surface area contributed by atoms with Gasteiger partial charge in [0.25, 0.3) is 11.7 Å². The van der Waals surface area contributed by atoms with Gasteiger partial charge in [0.2, 0.25) is 5.79 Å². The topological polar surface area (TPSA) is 210 Å². The maximum Gasteiger partial charge on any atom is 0.329 e. The van der Waals surface area contributed by atoms with Gasteiger partial charge in [-0.25, -0.2) is 9.48 Å². The van der Waals surface area contributed by atoms with Crippen LogP contribution in [0, 0.1) is 41.4 Å². The van der Waals surface area contributed by atoms with Gasteiger partial charge in [-0.2, -0.15) is 0 Å². The van der Waals surface area contributed by atoms with Crippen LogP contribution in [0.5, 0.6) is 0 Å². The van der Waals surface area contributed by atoms with Gasteiger partial charge in [0.1, 0.15) is 36.5 Å². The van der Waals surface area contributed by atoms with Crippen LogP contribution >= 0.6 is 0 Å². The summed E-state index contributed by atoms with van der Waals surface area (Å²) in [5, 5.41) is 35.3. The molecule has 16 heteroatoms. The summed E-state index contributed by atoms with van der Waals surface area (Å²) >= 11 is 0. The highest BCUT2D eigenvalue weighted by atomic mass is 16.6. The van der Waals surface area contributed by atoms with E-state index in [9.17, 15) is 34.2 Å². The third kappa shape index (κ3) is 14.2. The molecule has 3 fully saturated rings. The Balaban J connectivity index is 1.46. The maximum absolute atomic E-state index is 14.5. The van der Waals surface area contributed by atoms with E-state index in [1.165, 1.54) is 12.0 Å². The van der Waals surface area contributed by atoms with Crippen molar-refractivity contribution in [3.63, 3.8) is 0 Å². The van der Waals surface area contributed by atoms with E-state index in [4.69, 9.17) is 18.9 Å². The second-order valence-corrected chi connectivity index (χ2v) is 20.8. The van der Waals surface area contributed by atoms with Crippen molar-refractivity contribution in [3.8, 4) is 0 Å². The molecule has 384 valence electrons. The molecule has 0 radical (unpaired) electrons. The number of esters is 1. The zero-order chi connectivity index (χ0) is 50.6. The smallest absolute Gasteiger partial charge is 0.329 e. The molecule has 1 saturated carbocycles. The van der Waals surface area contributed by atoms with Crippen molar-refractivity contribution in [1.29, 1.82) is 0 Å². The Morgan fingerprint density at radius 3 is 2.35 bits per heavy atom. The van der Waals surface area contributed by atoms with Gasteiger partial charge in [-0.3, -0.25) is 19.2 Å². The van der Waals surface area contributed by atoms with Crippen molar-refractivity contribution in [3.05, 3.63) is 53.9 Å². The molecule has 2 N–H and O–H groups in total. The van der Waals surface area contributed by atoms with Crippen LogP contribution < -0.4 is 0 Å². The van der Waals surface area contributed by atoms with Crippen molar-refractivity contribution in [1.82, 2.24) is 25.1 Å². The van der Waals surface area contributed by atoms with E-state index in [0.29, 0.717) is 56.9 Å². The van der Waals surface area contributed by atoms with Gasteiger partial charge >= 0.3 is 5.97 Å². The fraction of sp³-hybridized carbons (Fsp3) is 0.736. The molecule has 15 atom stereocenters. The van der Waals surface area contributed by atoms with Crippen LogP contribution in [0.25, 0.3) is 0 Å². The minimum absolute atomic E-state index is 0.0417. The summed E-state index contributed by atoms with van der Waals surface area (Å²) in [4.78, 5) is 72.4. The second kappa shape index (κ2) is 25.8. The summed E-state index contributed by atoms with van der Waals surface area (Å²) in [6.45, 7) is 15.1. The molecule has 0 spiro atoms. The number of carbonyl (C=O) groups excluding carboxylic acids is 5. The molecule has 16 nitrogen and oxygen atoms in total. The lowest BCUT2D eigenvalue weighted by Gasteiger charge is -2.43. The minimum Gasteiger partial charge on any atom is -0.460 e. The molecular weight excluding hydrogens is 883 g/mol. The van der Waals surface area contributed by atoms with Crippen LogP contribution in [0.4, 0.5) is 0 Å². The molecule has 2 saturated heterocycles. The van der Waals surface area contributed by atoms with E-state index in [-0.39, 0.29) is 66.8 Å². The predicted octanol–water partition coefficient (Wildman–Crippen LogP) is 7.06. The molecule has 1 aliphatic carbocycles. The van der Waals surface area contributed by atoms with Crippen LogP contribution in [-0.4, -0.2) is 128 Å². The quantitative estimate of drug-likeness (QED) is 0.159. The SMILES string of the molecule is CC[C@H]1C[C@@H]2CCC(C)C(O)(O2)C(=O)C(=O)N2CCCCC2C(=O)O[C@H]([C@H](C)CC2CCC(n3cnnn3)C(OC)C2)CC(=O)[C@H](C)/C=C(\C)[C@@H](O)C(OC)C(=O)C(C)C[C@H](C)/C=C/C=CC=C1C. The number of hydrogen-bond acceptors (Lipinski definition) is 14. The fourth-order valence-electron chi connectivity index (χ4n) is 11.1. The zero-order valence-corrected chi connectivity index (χ0v) is 42.8. The number of aromatic nitrogens is 4. The fourth-order valence-corrected chi connectivity index (χ4v) is 11.1. The number of tetrazole rings is 1. The van der Waals surface area contributed by atoms with Crippen LogP contribution in [0.2, 0.25) is 0 Å². The Hall–Kier alpha value is -4.22. The van der Waals surface area contributed by atoms with Crippen LogP contribution in [0.1, 0.15) is 145 Å². The molecule has 4 heterocycles.